The number of hydrogen-bond donors (Lipinski definition) is 0. The summed E-state index contributed by atoms with van der Waals surface area (Å²) in [6, 6.07) is 4.73. The Morgan fingerprint density at radius 3 is 2.79 bits per heavy atom. The van der Waals surface area contributed by atoms with Crippen molar-refractivity contribution in [2.24, 2.45) is 0 Å². The zero-order valence-corrected chi connectivity index (χ0v) is 10.5. The molecule has 14 heavy (non-hydrogen) atoms. The van der Waals surface area contributed by atoms with Gasteiger partial charge >= 0.3 is 0 Å². The average molecular weight is 300 g/mol. The molecule has 0 N–H and O–H groups in total. The first kappa shape index (κ1) is 9.96. The monoisotopic (exact) mass is 300 g/mol. The first-order chi connectivity index (χ1) is 6.68. The molecule has 0 aromatic carbocycles. The maximum absolute atomic E-state index is 4.44. The summed E-state index contributed by atoms with van der Waals surface area (Å²) in [5.74, 6) is 1.06. The van der Waals surface area contributed by atoms with Gasteiger partial charge in [0, 0.05) is 21.5 Å². The van der Waals surface area contributed by atoms with Crippen LogP contribution in [0.4, 0.5) is 5.82 Å². The van der Waals surface area contributed by atoms with Gasteiger partial charge in [-0.25, -0.2) is 4.98 Å². The SMILES string of the molecule is CC1=CCC(C)N1c1ccc(I)cn1. The summed E-state index contributed by atoms with van der Waals surface area (Å²) in [5, 5.41) is 0. The van der Waals surface area contributed by atoms with Crippen LogP contribution in [0.3, 0.4) is 0 Å². The Morgan fingerprint density at radius 1 is 1.50 bits per heavy atom. The van der Waals surface area contributed by atoms with Crippen LogP contribution in [0.1, 0.15) is 20.3 Å². The molecule has 0 aliphatic carbocycles. The molecular weight excluding hydrogens is 287 g/mol. The van der Waals surface area contributed by atoms with Crippen molar-refractivity contribution in [3.63, 3.8) is 0 Å². The highest BCUT2D eigenvalue weighted by Crippen LogP contribution is 2.27. The van der Waals surface area contributed by atoms with E-state index >= 15 is 0 Å². The maximum atomic E-state index is 4.44. The third-order valence-electron chi connectivity index (χ3n) is 2.53. The molecule has 1 atom stereocenters. The first-order valence-electron chi connectivity index (χ1n) is 4.76. The number of anilines is 1. The van der Waals surface area contributed by atoms with E-state index in [-0.39, 0.29) is 0 Å². The molecule has 0 amide bonds. The summed E-state index contributed by atoms with van der Waals surface area (Å²) in [6.45, 7) is 4.37. The van der Waals surface area contributed by atoms with E-state index in [1.54, 1.807) is 0 Å². The van der Waals surface area contributed by atoms with E-state index in [1.165, 1.54) is 9.27 Å². The van der Waals surface area contributed by atoms with Crippen LogP contribution in [0, 0.1) is 3.57 Å². The van der Waals surface area contributed by atoms with Crippen molar-refractivity contribution in [3.05, 3.63) is 33.7 Å². The number of hydrogen-bond acceptors (Lipinski definition) is 2. The van der Waals surface area contributed by atoms with E-state index in [9.17, 15) is 0 Å². The van der Waals surface area contributed by atoms with Crippen LogP contribution in [0.25, 0.3) is 0 Å². The van der Waals surface area contributed by atoms with Crippen LogP contribution in [0.5, 0.6) is 0 Å². The Labute approximate surface area is 98.2 Å². The fourth-order valence-electron chi connectivity index (χ4n) is 1.81. The van der Waals surface area contributed by atoms with Crippen LogP contribution >= 0.6 is 22.6 Å². The van der Waals surface area contributed by atoms with Crippen LogP contribution in [0.15, 0.2) is 30.1 Å². The van der Waals surface area contributed by atoms with Crippen molar-refractivity contribution >= 4 is 28.4 Å². The summed E-state index contributed by atoms with van der Waals surface area (Å²) in [7, 11) is 0. The third-order valence-corrected chi connectivity index (χ3v) is 3.17. The standard InChI is InChI=1S/C11H13IN2/c1-8-3-4-9(2)14(8)11-6-5-10(12)7-13-11/h3,5-7,9H,4H2,1-2H3. The molecule has 1 aromatic rings. The molecule has 1 aliphatic rings. The lowest BCUT2D eigenvalue weighted by molar-refractivity contribution is 0.736. The fourth-order valence-corrected chi connectivity index (χ4v) is 2.13. The normalized spacial score (nSPS) is 21.2. The minimum absolute atomic E-state index is 0.544. The second-order valence-electron chi connectivity index (χ2n) is 3.63. The van der Waals surface area contributed by atoms with E-state index in [4.69, 9.17) is 0 Å². The van der Waals surface area contributed by atoms with Gasteiger partial charge in [-0.1, -0.05) is 6.08 Å². The van der Waals surface area contributed by atoms with Gasteiger partial charge in [0.05, 0.1) is 0 Å². The zero-order valence-electron chi connectivity index (χ0n) is 8.37. The minimum Gasteiger partial charge on any atom is -0.328 e. The highest BCUT2D eigenvalue weighted by Gasteiger charge is 2.21. The van der Waals surface area contributed by atoms with Gasteiger partial charge in [0.1, 0.15) is 5.82 Å². The number of allylic oxidation sites excluding steroid dienone is 1. The van der Waals surface area contributed by atoms with E-state index in [1.807, 2.05) is 6.20 Å². The van der Waals surface area contributed by atoms with Gasteiger partial charge in [-0.05, 0) is 55.0 Å². The number of nitrogens with zero attached hydrogens (tertiary/aromatic N) is 2. The van der Waals surface area contributed by atoms with E-state index < -0.39 is 0 Å². The largest absolute Gasteiger partial charge is 0.328 e. The molecule has 0 bridgehead atoms. The average Bonchev–Trinajstić information content (AvgIpc) is 2.49. The van der Waals surface area contributed by atoms with E-state index in [0.29, 0.717) is 6.04 Å². The fraction of sp³-hybridized carbons (Fsp3) is 0.364. The van der Waals surface area contributed by atoms with Crippen molar-refractivity contribution in [1.29, 1.82) is 0 Å². The maximum Gasteiger partial charge on any atom is 0.132 e. The second-order valence-corrected chi connectivity index (χ2v) is 4.88. The lowest BCUT2D eigenvalue weighted by Gasteiger charge is -2.24. The van der Waals surface area contributed by atoms with Gasteiger partial charge in [0.2, 0.25) is 0 Å². The Bertz CT molecular complexity index is 356. The van der Waals surface area contributed by atoms with E-state index in [2.05, 4.69) is 64.5 Å². The third kappa shape index (κ3) is 1.78. The summed E-state index contributed by atoms with van der Waals surface area (Å²) in [5.41, 5.74) is 1.31. The molecule has 2 heterocycles. The topological polar surface area (TPSA) is 16.1 Å². The van der Waals surface area contributed by atoms with Crippen LogP contribution in [-0.4, -0.2) is 11.0 Å². The molecule has 0 saturated carbocycles. The highest BCUT2D eigenvalue weighted by molar-refractivity contribution is 14.1. The highest BCUT2D eigenvalue weighted by atomic mass is 127. The first-order valence-corrected chi connectivity index (χ1v) is 5.84. The van der Waals surface area contributed by atoms with Crippen molar-refractivity contribution in [3.8, 4) is 0 Å². The molecule has 0 radical (unpaired) electrons. The molecule has 0 fully saturated rings. The molecule has 2 nitrogen and oxygen atoms in total. The van der Waals surface area contributed by atoms with Crippen LogP contribution in [-0.2, 0) is 0 Å². The Balaban J connectivity index is 2.30. The van der Waals surface area contributed by atoms with Crippen LogP contribution in [0.2, 0.25) is 0 Å². The second kappa shape index (κ2) is 3.88. The number of halogens is 1. The predicted molar refractivity (Wildman–Crippen MR) is 67.3 cm³/mol. The summed E-state index contributed by atoms with van der Waals surface area (Å²) >= 11 is 2.27. The van der Waals surface area contributed by atoms with Gasteiger partial charge in [0.25, 0.3) is 0 Å². The number of pyridine rings is 1. The smallest absolute Gasteiger partial charge is 0.132 e. The molecular formula is C11H13IN2. The van der Waals surface area contributed by atoms with Gasteiger partial charge in [0.15, 0.2) is 0 Å². The van der Waals surface area contributed by atoms with Crippen molar-refractivity contribution in [2.45, 2.75) is 26.3 Å². The summed E-state index contributed by atoms with van der Waals surface area (Å²) in [4.78, 5) is 6.73. The molecule has 2 rings (SSSR count). The van der Waals surface area contributed by atoms with Gasteiger partial charge < -0.3 is 4.90 Å². The Kier molecular flexibility index (Phi) is 2.76. The van der Waals surface area contributed by atoms with Gasteiger partial charge in [-0.3, -0.25) is 0 Å². The lowest BCUT2D eigenvalue weighted by atomic mass is 10.2. The molecule has 0 spiro atoms. The molecule has 74 valence electrons. The Morgan fingerprint density at radius 2 is 2.29 bits per heavy atom. The number of rotatable bonds is 1. The quantitative estimate of drug-likeness (QED) is 0.741. The van der Waals surface area contributed by atoms with Crippen molar-refractivity contribution in [2.75, 3.05) is 4.90 Å². The molecule has 1 aromatic heterocycles. The van der Waals surface area contributed by atoms with Crippen molar-refractivity contribution in [1.82, 2.24) is 4.98 Å². The van der Waals surface area contributed by atoms with E-state index in [0.717, 1.165) is 12.2 Å². The zero-order chi connectivity index (χ0) is 10.1. The Hall–Kier alpha value is -0.580. The molecule has 3 heteroatoms. The summed E-state index contributed by atoms with van der Waals surface area (Å²) in [6.07, 6.45) is 5.30. The minimum atomic E-state index is 0.544. The molecule has 1 aliphatic heterocycles. The van der Waals surface area contributed by atoms with Crippen LogP contribution < -0.4 is 4.90 Å². The van der Waals surface area contributed by atoms with Gasteiger partial charge in [-0.15, -0.1) is 0 Å². The number of aromatic nitrogens is 1. The van der Waals surface area contributed by atoms with Crippen molar-refractivity contribution < 1.29 is 0 Å². The lowest BCUT2D eigenvalue weighted by Crippen LogP contribution is -2.26. The predicted octanol–water partition coefficient (Wildman–Crippen LogP) is 3.19. The van der Waals surface area contributed by atoms with Gasteiger partial charge in [-0.2, -0.15) is 0 Å². The molecule has 0 saturated heterocycles. The summed E-state index contributed by atoms with van der Waals surface area (Å²) < 4.78 is 1.18. The molecule has 1 unspecified atom stereocenters.